The van der Waals surface area contributed by atoms with E-state index < -0.39 is 0 Å². The van der Waals surface area contributed by atoms with Gasteiger partial charge in [-0.25, -0.2) is 0 Å². The molecule has 1 fully saturated rings. The van der Waals surface area contributed by atoms with Gasteiger partial charge in [-0.2, -0.15) is 0 Å². The molecule has 0 unspecified atom stereocenters. The van der Waals surface area contributed by atoms with Crippen LogP contribution in [0.4, 0.5) is 0 Å². The smallest absolute Gasteiger partial charge is 0.115 e. The first-order valence-corrected chi connectivity index (χ1v) is 8.33. The van der Waals surface area contributed by atoms with Crippen molar-refractivity contribution in [2.45, 2.75) is 43.9 Å². The molecule has 4 rings (SSSR count). The van der Waals surface area contributed by atoms with E-state index in [1.54, 1.807) is 12.1 Å². The molecule has 2 aromatic rings. The molecule has 0 spiro atoms. The van der Waals surface area contributed by atoms with Crippen molar-refractivity contribution < 1.29 is 10.2 Å². The summed E-state index contributed by atoms with van der Waals surface area (Å²) < 4.78 is 0. The maximum atomic E-state index is 9.86. The van der Waals surface area contributed by atoms with Crippen molar-refractivity contribution in [3.8, 4) is 11.5 Å². The van der Waals surface area contributed by atoms with Gasteiger partial charge in [-0.3, -0.25) is 0 Å². The Labute approximate surface area is 131 Å². The Morgan fingerprint density at radius 2 is 1.50 bits per heavy atom. The van der Waals surface area contributed by atoms with E-state index in [9.17, 15) is 10.2 Å². The molecule has 0 bridgehead atoms. The molecular weight excluding hydrogens is 272 g/mol. The molecule has 3 atom stereocenters. The molecule has 0 amide bonds. The van der Waals surface area contributed by atoms with E-state index in [2.05, 4.69) is 18.2 Å². The van der Waals surface area contributed by atoms with Crippen LogP contribution in [0, 0.1) is 5.92 Å². The average molecular weight is 294 g/mol. The second-order valence-electron chi connectivity index (χ2n) is 6.84. The van der Waals surface area contributed by atoms with Crippen LogP contribution in [-0.2, 0) is 6.42 Å². The lowest BCUT2D eigenvalue weighted by Crippen LogP contribution is -2.30. The van der Waals surface area contributed by atoms with Crippen molar-refractivity contribution in [2.75, 3.05) is 0 Å². The number of benzene rings is 2. The van der Waals surface area contributed by atoms with Crippen molar-refractivity contribution in [1.29, 1.82) is 0 Å². The van der Waals surface area contributed by atoms with E-state index in [1.165, 1.54) is 42.4 Å². The van der Waals surface area contributed by atoms with Crippen molar-refractivity contribution in [2.24, 2.45) is 5.92 Å². The van der Waals surface area contributed by atoms with E-state index in [0.717, 1.165) is 6.42 Å². The first kappa shape index (κ1) is 13.7. The molecule has 0 radical (unpaired) electrons. The third-order valence-corrected chi connectivity index (χ3v) is 5.63. The molecule has 1 saturated carbocycles. The molecule has 0 heterocycles. The molecule has 2 aromatic carbocycles. The molecule has 0 aliphatic heterocycles. The van der Waals surface area contributed by atoms with Crippen molar-refractivity contribution in [1.82, 2.24) is 0 Å². The fraction of sp³-hybridized carbons (Fsp3) is 0.400. The molecule has 2 aliphatic rings. The quantitative estimate of drug-likeness (QED) is 0.799. The van der Waals surface area contributed by atoms with Gasteiger partial charge in [0.25, 0.3) is 0 Å². The van der Waals surface area contributed by atoms with Gasteiger partial charge in [0.05, 0.1) is 0 Å². The highest BCUT2D eigenvalue weighted by Gasteiger charge is 2.38. The van der Waals surface area contributed by atoms with Gasteiger partial charge in [0.2, 0.25) is 0 Å². The van der Waals surface area contributed by atoms with Crippen LogP contribution in [0.25, 0.3) is 0 Å². The maximum Gasteiger partial charge on any atom is 0.115 e. The summed E-state index contributed by atoms with van der Waals surface area (Å²) in [5, 5.41) is 19.4. The van der Waals surface area contributed by atoms with Crippen LogP contribution in [0.2, 0.25) is 0 Å². The Morgan fingerprint density at radius 1 is 0.773 bits per heavy atom. The van der Waals surface area contributed by atoms with Crippen molar-refractivity contribution in [3.05, 3.63) is 59.2 Å². The van der Waals surface area contributed by atoms with Crippen LogP contribution >= 0.6 is 0 Å². The first-order chi connectivity index (χ1) is 10.7. The normalized spacial score (nSPS) is 27.0. The standard InChI is InChI=1S/C20H22O2/c21-15-8-5-13(6-9-15)19-11-14-7-10-16(22)12-20(14)18-4-2-1-3-17(18)19/h5-10,12,17-19,21-22H,1-4,11H2/t17-,18+,19-/m0/s1. The zero-order chi connectivity index (χ0) is 15.1. The molecule has 22 heavy (non-hydrogen) atoms. The summed E-state index contributed by atoms with van der Waals surface area (Å²) in [5.41, 5.74) is 4.10. The molecule has 2 heteroatoms. The second-order valence-corrected chi connectivity index (χ2v) is 6.84. The third kappa shape index (κ3) is 2.27. The van der Waals surface area contributed by atoms with Crippen LogP contribution < -0.4 is 0 Å². The topological polar surface area (TPSA) is 40.5 Å². The summed E-state index contributed by atoms with van der Waals surface area (Å²) in [6.45, 7) is 0. The van der Waals surface area contributed by atoms with Crippen LogP contribution in [0.15, 0.2) is 42.5 Å². The average Bonchev–Trinajstić information content (AvgIpc) is 2.55. The summed E-state index contributed by atoms with van der Waals surface area (Å²) in [4.78, 5) is 0. The Bertz CT molecular complexity index is 675. The van der Waals surface area contributed by atoms with Crippen molar-refractivity contribution >= 4 is 0 Å². The SMILES string of the molecule is Oc1ccc([C@@H]2Cc3ccc(O)cc3[C@@H]3CCCC[C@H]23)cc1. The Hall–Kier alpha value is -1.96. The number of fused-ring (bicyclic) bond motifs is 3. The van der Waals surface area contributed by atoms with E-state index >= 15 is 0 Å². The fourth-order valence-corrected chi connectivity index (χ4v) is 4.62. The van der Waals surface area contributed by atoms with E-state index in [-0.39, 0.29) is 0 Å². The second kappa shape index (κ2) is 5.35. The summed E-state index contributed by atoms with van der Waals surface area (Å²) in [5.74, 6) is 2.50. The van der Waals surface area contributed by atoms with Gasteiger partial charge >= 0.3 is 0 Å². The number of phenols is 2. The van der Waals surface area contributed by atoms with Gasteiger partial charge in [0.1, 0.15) is 11.5 Å². The highest BCUT2D eigenvalue weighted by molar-refractivity contribution is 5.43. The molecule has 2 aliphatic carbocycles. The highest BCUT2D eigenvalue weighted by atomic mass is 16.3. The van der Waals surface area contributed by atoms with Gasteiger partial charge < -0.3 is 10.2 Å². The summed E-state index contributed by atoms with van der Waals surface area (Å²) >= 11 is 0. The molecule has 2 N–H and O–H groups in total. The summed E-state index contributed by atoms with van der Waals surface area (Å²) in [6.07, 6.45) is 6.14. The van der Waals surface area contributed by atoms with Gasteiger partial charge in [-0.1, -0.05) is 31.0 Å². The number of phenolic OH excluding ortho intramolecular Hbond substituents is 2. The highest BCUT2D eigenvalue weighted by Crippen LogP contribution is 2.51. The van der Waals surface area contributed by atoms with Crippen molar-refractivity contribution in [3.63, 3.8) is 0 Å². The summed E-state index contributed by atoms with van der Waals surface area (Å²) in [7, 11) is 0. The molecular formula is C20H22O2. The van der Waals surface area contributed by atoms with Crippen LogP contribution in [0.1, 0.15) is 54.2 Å². The number of hydrogen-bond acceptors (Lipinski definition) is 2. The molecule has 114 valence electrons. The van der Waals surface area contributed by atoms with Crippen LogP contribution in [0.3, 0.4) is 0 Å². The third-order valence-electron chi connectivity index (χ3n) is 5.63. The molecule has 2 nitrogen and oxygen atoms in total. The predicted octanol–water partition coefficient (Wildman–Crippen LogP) is 4.71. The fourth-order valence-electron chi connectivity index (χ4n) is 4.62. The van der Waals surface area contributed by atoms with E-state index in [1.807, 2.05) is 12.1 Å². The van der Waals surface area contributed by atoms with E-state index in [0.29, 0.717) is 29.3 Å². The minimum atomic E-state index is 0.338. The molecule has 0 saturated heterocycles. The van der Waals surface area contributed by atoms with Crippen LogP contribution in [-0.4, -0.2) is 10.2 Å². The Balaban J connectivity index is 1.77. The Kier molecular flexibility index (Phi) is 3.33. The Morgan fingerprint density at radius 3 is 2.32 bits per heavy atom. The van der Waals surface area contributed by atoms with Gasteiger partial charge in [-0.05, 0) is 78.0 Å². The summed E-state index contributed by atoms with van der Waals surface area (Å²) in [6, 6.07) is 13.7. The number of aromatic hydroxyl groups is 2. The minimum absolute atomic E-state index is 0.338. The lowest BCUT2D eigenvalue weighted by atomic mass is 9.61. The predicted molar refractivity (Wildman–Crippen MR) is 87.4 cm³/mol. The molecule has 0 aromatic heterocycles. The first-order valence-electron chi connectivity index (χ1n) is 8.33. The van der Waals surface area contributed by atoms with Gasteiger partial charge in [0, 0.05) is 0 Å². The number of hydrogen-bond donors (Lipinski definition) is 2. The lowest BCUT2D eigenvalue weighted by molar-refractivity contribution is 0.242. The lowest BCUT2D eigenvalue weighted by Gasteiger charge is -2.43. The largest absolute Gasteiger partial charge is 0.508 e. The van der Waals surface area contributed by atoms with Gasteiger partial charge in [0.15, 0.2) is 0 Å². The number of rotatable bonds is 1. The monoisotopic (exact) mass is 294 g/mol. The van der Waals surface area contributed by atoms with Gasteiger partial charge in [-0.15, -0.1) is 0 Å². The van der Waals surface area contributed by atoms with Crippen LogP contribution in [0.5, 0.6) is 11.5 Å². The zero-order valence-corrected chi connectivity index (χ0v) is 12.7. The van der Waals surface area contributed by atoms with E-state index in [4.69, 9.17) is 0 Å². The minimum Gasteiger partial charge on any atom is -0.508 e. The maximum absolute atomic E-state index is 9.86. The zero-order valence-electron chi connectivity index (χ0n) is 12.7.